The summed E-state index contributed by atoms with van der Waals surface area (Å²) < 4.78 is 5.45. The number of hydrogen-bond acceptors (Lipinski definition) is 1. The zero-order chi connectivity index (χ0) is 57.8. The average molecular weight is 1100 g/mol. The Morgan fingerprint density at radius 2 is 0.686 bits per heavy atom. The first-order valence-corrected chi connectivity index (χ1v) is 30.7. The molecule has 3 nitrogen and oxygen atoms in total. The van der Waals surface area contributed by atoms with Gasteiger partial charge in [-0.3, -0.25) is 0 Å². The maximum Gasteiger partial charge on any atom is 0.252 e. The van der Waals surface area contributed by atoms with Gasteiger partial charge in [0.25, 0.3) is 6.71 Å². The van der Waals surface area contributed by atoms with Crippen molar-refractivity contribution in [2.45, 2.75) is 66.2 Å². The molecule has 0 bridgehead atoms. The molecule has 0 amide bonds. The van der Waals surface area contributed by atoms with E-state index in [-0.39, 0.29) is 17.5 Å². The largest absolute Gasteiger partial charge is 0.310 e. The fourth-order valence-corrected chi connectivity index (χ4v) is 16.4. The molecule has 0 radical (unpaired) electrons. The van der Waals surface area contributed by atoms with Crippen molar-refractivity contribution in [3.63, 3.8) is 0 Å². The van der Waals surface area contributed by atoms with Crippen molar-refractivity contribution in [2.75, 3.05) is 4.90 Å². The van der Waals surface area contributed by atoms with E-state index in [1.807, 2.05) is 0 Å². The topological polar surface area (TPSA) is 13.1 Å². The Morgan fingerprint density at radius 3 is 1.12 bits per heavy atom. The Kier molecular flexibility index (Phi) is 10.0. The third-order valence-corrected chi connectivity index (χ3v) is 20.5. The second kappa shape index (κ2) is 17.4. The monoisotopic (exact) mass is 1100 g/mol. The van der Waals surface area contributed by atoms with E-state index < -0.39 is 0 Å². The van der Waals surface area contributed by atoms with E-state index in [0.29, 0.717) is 0 Å². The van der Waals surface area contributed by atoms with Crippen LogP contribution in [0.5, 0.6) is 0 Å². The van der Waals surface area contributed by atoms with Crippen LogP contribution in [0.25, 0.3) is 109 Å². The van der Waals surface area contributed by atoms with E-state index in [4.69, 9.17) is 0 Å². The molecule has 2 aliphatic rings. The molecule has 0 unspecified atom stereocenters. The number of fused-ring (bicyclic) bond motifs is 18. The van der Waals surface area contributed by atoms with Crippen molar-refractivity contribution >= 4 is 138 Å². The second-order valence-electron chi connectivity index (χ2n) is 26.3. The highest BCUT2D eigenvalue weighted by atomic mass is 15.1. The number of hydrogen-bond donors (Lipinski definition) is 0. The molecule has 0 aliphatic carbocycles. The average Bonchev–Trinajstić information content (AvgIpc) is 1.18. The maximum atomic E-state index is 2.72. The second-order valence-corrected chi connectivity index (χ2v) is 26.3. The molecule has 408 valence electrons. The summed E-state index contributed by atoms with van der Waals surface area (Å²) in [5, 5.41) is 18.1. The van der Waals surface area contributed by atoms with Gasteiger partial charge >= 0.3 is 0 Å². The van der Waals surface area contributed by atoms with E-state index in [0.717, 1.165) is 17.1 Å². The molecule has 4 heterocycles. The highest BCUT2D eigenvalue weighted by molar-refractivity contribution is 7.01. The standard InChI is InChI=1S/C82H62BN3/c1-47-27-37-70-62(39-47)66-41-49(3)43-68-77(66)85(70)79-73-60-25-17-15-23-58(60)64-45-57(84(55-33-29-53(30-34-55)81(5,6)51-19-11-9-12-20-51)56-35-31-54(32-36-56)82(7,8)52-21-13-10-14-22-52)46-65-59-24-16-18-26-61(59)74(75(73)72(64)65)80-76(79)83(68)69-44-50(4)42-67-63-40-48(2)28-38-71(63)86(80)78(67)69/h9-46H,1-8H3. The van der Waals surface area contributed by atoms with E-state index >= 15 is 0 Å². The molecule has 0 saturated carbocycles. The van der Waals surface area contributed by atoms with Gasteiger partial charge in [-0.2, -0.15) is 0 Å². The molecule has 0 saturated heterocycles. The molecule has 2 aliphatic heterocycles. The molecule has 16 aromatic rings. The van der Waals surface area contributed by atoms with E-state index in [2.05, 4.69) is 300 Å². The SMILES string of the molecule is Cc1ccc2c(c1)c1cc(C)cc3c1n2-c1c2c(c4c5ccccc5c5cc(N(c6ccc(C(C)(C)c7ccccc7)cc6)c6ccc(C(C)(C)c7ccccc7)cc6)cc6c7ccccc7c1c4c65)-n1c4ccc(C)cc4c4cc(C)cc(c41)B23. The lowest BCUT2D eigenvalue weighted by atomic mass is 9.33. The Morgan fingerprint density at radius 1 is 0.302 bits per heavy atom. The molecular weight excluding hydrogens is 1040 g/mol. The minimum absolute atomic E-state index is 0.0190. The van der Waals surface area contributed by atoms with Gasteiger partial charge in [-0.25, -0.2) is 0 Å². The van der Waals surface area contributed by atoms with Crippen molar-refractivity contribution in [3.05, 3.63) is 275 Å². The van der Waals surface area contributed by atoms with Crippen molar-refractivity contribution in [1.29, 1.82) is 0 Å². The quantitative estimate of drug-likeness (QED) is 0.0881. The molecule has 0 fully saturated rings. The Balaban J connectivity index is 1.00. The summed E-state index contributed by atoms with van der Waals surface area (Å²) in [4.78, 5) is 2.51. The minimum atomic E-state index is -0.195. The summed E-state index contributed by atoms with van der Waals surface area (Å²) in [6.45, 7) is 18.4. The van der Waals surface area contributed by atoms with E-state index in [9.17, 15) is 0 Å². The molecule has 18 rings (SSSR count). The number of aromatic nitrogens is 2. The molecule has 14 aromatic carbocycles. The highest BCUT2D eigenvalue weighted by Crippen LogP contribution is 2.54. The van der Waals surface area contributed by atoms with Crippen LogP contribution >= 0.6 is 0 Å². The third kappa shape index (κ3) is 6.54. The van der Waals surface area contributed by atoms with Gasteiger partial charge in [0.1, 0.15) is 0 Å². The number of anilines is 3. The number of benzene rings is 14. The lowest BCUT2D eigenvalue weighted by Gasteiger charge is -2.37. The molecule has 4 heteroatoms. The van der Waals surface area contributed by atoms with Crippen LogP contribution in [-0.2, 0) is 10.8 Å². The molecule has 0 N–H and O–H groups in total. The summed E-state index contributed by atoms with van der Waals surface area (Å²) in [5.74, 6) is 0. The van der Waals surface area contributed by atoms with Gasteiger partial charge < -0.3 is 14.0 Å². The summed E-state index contributed by atoms with van der Waals surface area (Å²) >= 11 is 0. The first-order chi connectivity index (χ1) is 41.8. The van der Waals surface area contributed by atoms with Crippen molar-refractivity contribution in [3.8, 4) is 11.4 Å². The lowest BCUT2D eigenvalue weighted by molar-refractivity contribution is 0.641. The molecular formula is C82H62BN3. The fourth-order valence-electron chi connectivity index (χ4n) is 16.4. The summed E-state index contributed by atoms with van der Waals surface area (Å²) in [6, 6.07) is 88.8. The Labute approximate surface area is 501 Å². The van der Waals surface area contributed by atoms with Crippen LogP contribution in [0.3, 0.4) is 0 Å². The van der Waals surface area contributed by atoms with Crippen LogP contribution in [0.15, 0.2) is 231 Å². The van der Waals surface area contributed by atoms with Gasteiger partial charge in [-0.1, -0.05) is 208 Å². The summed E-state index contributed by atoms with van der Waals surface area (Å²) in [6.07, 6.45) is 0. The summed E-state index contributed by atoms with van der Waals surface area (Å²) in [7, 11) is 0. The van der Waals surface area contributed by atoms with E-state index in [1.165, 1.54) is 170 Å². The van der Waals surface area contributed by atoms with Crippen LogP contribution in [-0.4, -0.2) is 15.8 Å². The van der Waals surface area contributed by atoms with Crippen molar-refractivity contribution in [1.82, 2.24) is 9.13 Å². The van der Waals surface area contributed by atoms with E-state index in [1.54, 1.807) is 0 Å². The van der Waals surface area contributed by atoms with Gasteiger partial charge in [-0.05, 0) is 177 Å². The molecule has 86 heavy (non-hydrogen) atoms. The van der Waals surface area contributed by atoms with Crippen LogP contribution in [0.4, 0.5) is 17.1 Å². The Hall–Kier alpha value is -9.90. The van der Waals surface area contributed by atoms with Gasteiger partial charge in [0, 0.05) is 76.6 Å². The zero-order valence-corrected chi connectivity index (χ0v) is 49.9. The lowest BCUT2D eigenvalue weighted by Crippen LogP contribution is -2.59. The first kappa shape index (κ1) is 49.5. The smallest absolute Gasteiger partial charge is 0.252 e. The van der Waals surface area contributed by atoms with Crippen LogP contribution in [0.1, 0.15) is 72.2 Å². The molecule has 0 spiro atoms. The molecule has 2 aromatic heterocycles. The van der Waals surface area contributed by atoms with Crippen LogP contribution in [0, 0.1) is 27.7 Å². The van der Waals surface area contributed by atoms with Gasteiger partial charge in [0.2, 0.25) is 0 Å². The van der Waals surface area contributed by atoms with Gasteiger partial charge in [0.15, 0.2) is 0 Å². The van der Waals surface area contributed by atoms with Gasteiger partial charge in [0.05, 0.1) is 22.4 Å². The van der Waals surface area contributed by atoms with Crippen LogP contribution in [0.2, 0.25) is 0 Å². The maximum absolute atomic E-state index is 2.72. The number of aryl methyl sites for hydroxylation is 4. The Bertz CT molecular complexity index is 5270. The van der Waals surface area contributed by atoms with Crippen molar-refractivity contribution in [2.24, 2.45) is 0 Å². The minimum Gasteiger partial charge on any atom is -0.310 e. The number of nitrogens with zero attached hydrogens (tertiary/aromatic N) is 3. The van der Waals surface area contributed by atoms with Crippen LogP contribution < -0.4 is 21.3 Å². The highest BCUT2D eigenvalue weighted by Gasteiger charge is 2.44. The molecule has 0 atom stereocenters. The number of rotatable bonds is 7. The van der Waals surface area contributed by atoms with Gasteiger partial charge in [-0.15, -0.1) is 0 Å². The predicted molar refractivity (Wildman–Crippen MR) is 369 cm³/mol. The first-order valence-electron chi connectivity index (χ1n) is 30.7. The fraction of sp³-hybridized carbons (Fsp3) is 0.122. The van der Waals surface area contributed by atoms with Crippen molar-refractivity contribution < 1.29 is 0 Å². The normalized spacial score (nSPS) is 13.1. The zero-order valence-electron chi connectivity index (χ0n) is 49.9. The third-order valence-electron chi connectivity index (χ3n) is 20.5. The summed E-state index contributed by atoms with van der Waals surface area (Å²) in [5.41, 5.74) is 25.2. The predicted octanol–water partition coefficient (Wildman–Crippen LogP) is 19.6.